The lowest BCUT2D eigenvalue weighted by atomic mass is 10.5. The van der Waals surface area contributed by atoms with E-state index in [2.05, 4.69) is 32.8 Å². The van der Waals surface area contributed by atoms with Crippen molar-refractivity contribution in [1.29, 1.82) is 0 Å². The molecule has 2 aromatic heterocycles. The molecule has 4 nitrogen and oxygen atoms in total. The van der Waals surface area contributed by atoms with Crippen molar-refractivity contribution >= 4 is 27.8 Å². The molecule has 0 aromatic carbocycles. The molecular formula is C9H12N4S2. The summed E-state index contributed by atoms with van der Waals surface area (Å²) in [6.07, 6.45) is 0.940. The molecule has 6 heteroatoms. The van der Waals surface area contributed by atoms with E-state index in [1.165, 1.54) is 0 Å². The van der Waals surface area contributed by atoms with Gasteiger partial charge < -0.3 is 5.32 Å². The molecule has 0 fully saturated rings. The first-order chi connectivity index (χ1) is 7.28. The van der Waals surface area contributed by atoms with Gasteiger partial charge in [0, 0.05) is 5.38 Å². The van der Waals surface area contributed by atoms with E-state index in [-0.39, 0.29) is 0 Å². The number of aromatic nitrogens is 3. The second-order valence-electron chi connectivity index (χ2n) is 3.07. The Labute approximate surface area is 96.4 Å². The van der Waals surface area contributed by atoms with Crippen LogP contribution in [0.25, 0.3) is 0 Å². The fourth-order valence-electron chi connectivity index (χ4n) is 1.12. The highest BCUT2D eigenvalue weighted by Crippen LogP contribution is 2.16. The van der Waals surface area contributed by atoms with E-state index in [4.69, 9.17) is 0 Å². The van der Waals surface area contributed by atoms with E-state index in [0.29, 0.717) is 0 Å². The summed E-state index contributed by atoms with van der Waals surface area (Å²) < 4.78 is 0. The average Bonchev–Trinajstić information content (AvgIpc) is 2.83. The van der Waals surface area contributed by atoms with Crippen LogP contribution in [0.2, 0.25) is 0 Å². The maximum atomic E-state index is 4.37. The van der Waals surface area contributed by atoms with Gasteiger partial charge >= 0.3 is 0 Å². The highest BCUT2D eigenvalue weighted by atomic mass is 32.1. The van der Waals surface area contributed by atoms with Crippen LogP contribution in [-0.2, 0) is 13.0 Å². The minimum Gasteiger partial charge on any atom is -0.354 e. The Morgan fingerprint density at radius 1 is 1.40 bits per heavy atom. The van der Waals surface area contributed by atoms with Gasteiger partial charge in [-0.15, -0.1) is 21.5 Å². The Bertz CT molecular complexity index is 435. The van der Waals surface area contributed by atoms with E-state index in [9.17, 15) is 0 Å². The number of rotatable bonds is 4. The van der Waals surface area contributed by atoms with E-state index in [1.807, 2.05) is 6.92 Å². The molecule has 15 heavy (non-hydrogen) atoms. The van der Waals surface area contributed by atoms with Crippen LogP contribution in [0.3, 0.4) is 0 Å². The molecule has 0 aliphatic carbocycles. The molecule has 0 aliphatic heterocycles. The van der Waals surface area contributed by atoms with Crippen LogP contribution in [-0.4, -0.2) is 15.2 Å². The van der Waals surface area contributed by atoms with Crippen LogP contribution in [0, 0.1) is 6.92 Å². The zero-order valence-corrected chi connectivity index (χ0v) is 10.3. The Morgan fingerprint density at radius 3 is 2.87 bits per heavy atom. The van der Waals surface area contributed by atoms with E-state index >= 15 is 0 Å². The van der Waals surface area contributed by atoms with E-state index in [1.54, 1.807) is 22.7 Å². The van der Waals surface area contributed by atoms with Crippen LogP contribution in [0.5, 0.6) is 0 Å². The summed E-state index contributed by atoms with van der Waals surface area (Å²) in [6.45, 7) is 4.81. The van der Waals surface area contributed by atoms with Crippen LogP contribution in [0.4, 0.5) is 5.13 Å². The molecule has 0 saturated carbocycles. The van der Waals surface area contributed by atoms with Crippen LogP contribution in [0.15, 0.2) is 5.38 Å². The van der Waals surface area contributed by atoms with Crippen molar-refractivity contribution in [2.75, 3.05) is 5.32 Å². The quantitative estimate of drug-likeness (QED) is 0.892. The lowest BCUT2D eigenvalue weighted by molar-refractivity contribution is 0.969. The molecule has 0 amide bonds. The van der Waals surface area contributed by atoms with Crippen molar-refractivity contribution in [3.8, 4) is 0 Å². The van der Waals surface area contributed by atoms with Gasteiger partial charge in [0.1, 0.15) is 5.01 Å². The van der Waals surface area contributed by atoms with Crippen molar-refractivity contribution in [3.63, 3.8) is 0 Å². The van der Waals surface area contributed by atoms with Gasteiger partial charge in [-0.05, 0) is 13.3 Å². The zero-order chi connectivity index (χ0) is 10.7. The molecular weight excluding hydrogens is 228 g/mol. The molecule has 0 atom stereocenters. The topological polar surface area (TPSA) is 50.7 Å². The summed E-state index contributed by atoms with van der Waals surface area (Å²) in [7, 11) is 0. The highest BCUT2D eigenvalue weighted by molar-refractivity contribution is 7.15. The molecule has 0 radical (unpaired) electrons. The van der Waals surface area contributed by atoms with Crippen LogP contribution in [0.1, 0.15) is 22.6 Å². The summed E-state index contributed by atoms with van der Waals surface area (Å²) in [4.78, 5) is 4.37. The van der Waals surface area contributed by atoms with Gasteiger partial charge in [0.05, 0.1) is 17.2 Å². The first-order valence-electron chi connectivity index (χ1n) is 4.75. The number of hydrogen-bond donors (Lipinski definition) is 1. The normalized spacial score (nSPS) is 10.5. The lowest BCUT2D eigenvalue weighted by Gasteiger charge is -1.96. The first kappa shape index (κ1) is 10.5. The summed E-state index contributed by atoms with van der Waals surface area (Å²) >= 11 is 3.27. The fourth-order valence-corrected chi connectivity index (χ4v) is 2.41. The third kappa shape index (κ3) is 2.73. The lowest BCUT2D eigenvalue weighted by Crippen LogP contribution is -1.99. The first-order valence-corrected chi connectivity index (χ1v) is 6.45. The number of nitrogens with zero attached hydrogens (tertiary/aromatic N) is 3. The molecule has 2 aromatic rings. The van der Waals surface area contributed by atoms with Gasteiger partial charge in [-0.3, -0.25) is 0 Å². The zero-order valence-electron chi connectivity index (χ0n) is 8.65. The van der Waals surface area contributed by atoms with Gasteiger partial charge in [-0.1, -0.05) is 18.3 Å². The third-order valence-corrected chi connectivity index (χ3v) is 3.70. The number of hydrogen-bond acceptors (Lipinski definition) is 6. The van der Waals surface area contributed by atoms with Gasteiger partial charge in [-0.2, -0.15) is 0 Å². The molecule has 0 unspecified atom stereocenters. The molecule has 0 bridgehead atoms. The summed E-state index contributed by atoms with van der Waals surface area (Å²) in [5, 5.41) is 16.4. The molecule has 1 N–H and O–H groups in total. The molecule has 2 heterocycles. The highest BCUT2D eigenvalue weighted by Gasteiger charge is 2.03. The van der Waals surface area contributed by atoms with Crippen LogP contribution < -0.4 is 5.32 Å². The van der Waals surface area contributed by atoms with Crippen LogP contribution >= 0.6 is 22.7 Å². The Kier molecular flexibility index (Phi) is 3.27. The van der Waals surface area contributed by atoms with Gasteiger partial charge in [-0.25, -0.2) is 4.98 Å². The molecule has 80 valence electrons. The molecule has 2 rings (SSSR count). The predicted octanol–water partition coefficient (Wildman–Crippen LogP) is 2.48. The maximum absolute atomic E-state index is 4.37. The van der Waals surface area contributed by atoms with Crippen molar-refractivity contribution in [2.45, 2.75) is 26.8 Å². The summed E-state index contributed by atoms with van der Waals surface area (Å²) in [5.74, 6) is 0. The van der Waals surface area contributed by atoms with Crippen molar-refractivity contribution in [3.05, 3.63) is 21.1 Å². The molecule has 0 aliphatic rings. The molecule has 0 spiro atoms. The summed E-state index contributed by atoms with van der Waals surface area (Å²) in [5.41, 5.74) is 1.06. The van der Waals surface area contributed by atoms with E-state index in [0.717, 1.165) is 33.8 Å². The van der Waals surface area contributed by atoms with Crippen molar-refractivity contribution < 1.29 is 0 Å². The minimum atomic E-state index is 0.725. The summed E-state index contributed by atoms with van der Waals surface area (Å²) in [6, 6.07) is 0. The Balaban J connectivity index is 1.93. The Morgan fingerprint density at radius 2 is 2.27 bits per heavy atom. The maximum Gasteiger partial charge on any atom is 0.205 e. The smallest absolute Gasteiger partial charge is 0.205 e. The second-order valence-corrected chi connectivity index (χ2v) is 5.19. The number of anilines is 1. The Hall–Kier alpha value is -1.01. The molecule has 0 saturated heterocycles. The van der Waals surface area contributed by atoms with Gasteiger partial charge in [0.2, 0.25) is 5.13 Å². The SMILES string of the molecule is CCc1nnc(NCc2csc(C)n2)s1. The minimum absolute atomic E-state index is 0.725. The second kappa shape index (κ2) is 4.67. The van der Waals surface area contributed by atoms with Gasteiger partial charge in [0.15, 0.2) is 0 Å². The average molecular weight is 240 g/mol. The number of aryl methyl sites for hydroxylation is 2. The number of nitrogens with one attached hydrogen (secondary N) is 1. The largest absolute Gasteiger partial charge is 0.354 e. The fraction of sp³-hybridized carbons (Fsp3) is 0.444. The number of thiazole rings is 1. The third-order valence-electron chi connectivity index (χ3n) is 1.86. The van der Waals surface area contributed by atoms with Gasteiger partial charge in [0.25, 0.3) is 0 Å². The van der Waals surface area contributed by atoms with Crippen molar-refractivity contribution in [2.24, 2.45) is 0 Å². The monoisotopic (exact) mass is 240 g/mol. The van der Waals surface area contributed by atoms with E-state index < -0.39 is 0 Å². The standard InChI is InChI=1S/C9H12N4S2/c1-3-8-12-13-9(15-8)10-4-7-5-14-6(2)11-7/h5H,3-4H2,1-2H3,(H,10,13). The van der Waals surface area contributed by atoms with Crippen molar-refractivity contribution in [1.82, 2.24) is 15.2 Å². The predicted molar refractivity (Wildman–Crippen MR) is 63.5 cm³/mol.